The van der Waals surface area contributed by atoms with Gasteiger partial charge in [0.15, 0.2) is 0 Å². The van der Waals surface area contributed by atoms with Gasteiger partial charge in [-0.05, 0) is 36.2 Å². The molecule has 1 heterocycles. The molecule has 0 radical (unpaired) electrons. The fourth-order valence-corrected chi connectivity index (χ4v) is 4.67. The van der Waals surface area contributed by atoms with Crippen LogP contribution in [0.3, 0.4) is 0 Å². The third kappa shape index (κ3) is 5.86. The lowest BCUT2D eigenvalue weighted by atomic mass is 10.1. The third-order valence-electron chi connectivity index (χ3n) is 5.45. The Morgan fingerprint density at radius 1 is 1.10 bits per heavy atom. The Balaban J connectivity index is 1.78. The van der Waals surface area contributed by atoms with E-state index >= 15 is 0 Å². The number of nitrogens with zero attached hydrogens (tertiary/aromatic N) is 1. The van der Waals surface area contributed by atoms with Crippen LogP contribution in [0.2, 0.25) is 19.6 Å². The molecule has 0 aromatic heterocycles. The molecule has 3 rings (SSSR count). The molecule has 0 saturated carbocycles. The van der Waals surface area contributed by atoms with Crippen molar-refractivity contribution in [2.24, 2.45) is 0 Å². The smallest absolute Gasteiger partial charge is 0.318 e. The van der Waals surface area contributed by atoms with Crippen molar-refractivity contribution in [3.8, 4) is 5.75 Å². The Morgan fingerprint density at radius 2 is 1.74 bits per heavy atom. The zero-order valence-corrected chi connectivity index (χ0v) is 19.5. The molecule has 1 saturated heterocycles. The SMILES string of the molecule is COc1ccc([C@@H](NC(=O)N2CC[C@@H](O)C2)C(=O)Nc2ccc([Si](C)(C)C)cc2)cc1. The predicted molar refractivity (Wildman–Crippen MR) is 125 cm³/mol. The zero-order chi connectivity index (χ0) is 22.6. The third-order valence-corrected chi connectivity index (χ3v) is 7.51. The number of benzene rings is 2. The monoisotopic (exact) mass is 441 g/mol. The predicted octanol–water partition coefficient (Wildman–Crippen LogP) is 2.70. The van der Waals surface area contributed by atoms with Crippen LogP contribution in [0.15, 0.2) is 48.5 Å². The Morgan fingerprint density at radius 3 is 2.26 bits per heavy atom. The number of aliphatic hydroxyl groups is 1. The Labute approximate surface area is 184 Å². The molecule has 0 aliphatic carbocycles. The summed E-state index contributed by atoms with van der Waals surface area (Å²) in [5.41, 5.74) is 1.32. The summed E-state index contributed by atoms with van der Waals surface area (Å²) < 4.78 is 5.20. The highest BCUT2D eigenvalue weighted by molar-refractivity contribution is 6.88. The van der Waals surface area contributed by atoms with Crippen LogP contribution < -0.4 is 20.6 Å². The summed E-state index contributed by atoms with van der Waals surface area (Å²) >= 11 is 0. The van der Waals surface area contributed by atoms with Crippen molar-refractivity contribution in [3.05, 3.63) is 54.1 Å². The van der Waals surface area contributed by atoms with Gasteiger partial charge in [-0.15, -0.1) is 0 Å². The van der Waals surface area contributed by atoms with Crippen molar-refractivity contribution in [1.82, 2.24) is 10.2 Å². The van der Waals surface area contributed by atoms with Crippen LogP contribution in [-0.2, 0) is 4.79 Å². The maximum absolute atomic E-state index is 13.1. The Bertz CT molecular complexity index is 910. The maximum atomic E-state index is 13.1. The number of urea groups is 1. The molecule has 31 heavy (non-hydrogen) atoms. The second-order valence-corrected chi connectivity index (χ2v) is 13.9. The van der Waals surface area contributed by atoms with Crippen LogP contribution >= 0.6 is 0 Å². The molecule has 3 N–H and O–H groups in total. The lowest BCUT2D eigenvalue weighted by Crippen LogP contribution is -2.44. The number of nitrogens with one attached hydrogen (secondary N) is 2. The van der Waals surface area contributed by atoms with Crippen molar-refractivity contribution < 1.29 is 19.4 Å². The van der Waals surface area contributed by atoms with E-state index in [1.807, 2.05) is 12.1 Å². The molecular weight excluding hydrogens is 410 g/mol. The molecule has 1 fully saturated rings. The molecule has 8 heteroatoms. The van der Waals surface area contributed by atoms with E-state index in [1.165, 1.54) is 10.1 Å². The first-order chi connectivity index (χ1) is 14.7. The first-order valence-electron chi connectivity index (χ1n) is 10.5. The number of methoxy groups -OCH3 is 1. The van der Waals surface area contributed by atoms with E-state index in [0.29, 0.717) is 30.0 Å². The number of carbonyl (C=O) groups excluding carboxylic acids is 2. The van der Waals surface area contributed by atoms with E-state index in [1.54, 1.807) is 31.4 Å². The summed E-state index contributed by atoms with van der Waals surface area (Å²) in [5.74, 6) is 0.331. The minimum Gasteiger partial charge on any atom is -0.497 e. The number of β-amino-alcohol motifs (C(OH)–C–C–N with tert-alkyl or cyclic N) is 1. The standard InChI is InChI=1S/C23H31N3O4Si/c1-30-19-9-5-16(6-10-19)21(25-23(29)26-14-13-18(27)15-26)22(28)24-17-7-11-20(12-8-17)31(2,3)4/h5-12,18,21,27H,13-15H2,1-4H3,(H,24,28)(H,25,29)/t18-,21-/m1/s1. The summed E-state index contributed by atoms with van der Waals surface area (Å²) in [6, 6.07) is 13.7. The molecule has 3 amide bonds. The van der Waals surface area contributed by atoms with Gasteiger partial charge in [-0.3, -0.25) is 4.79 Å². The highest BCUT2D eigenvalue weighted by Gasteiger charge is 2.29. The molecular formula is C23H31N3O4Si. The van der Waals surface area contributed by atoms with E-state index in [4.69, 9.17) is 4.74 Å². The summed E-state index contributed by atoms with van der Waals surface area (Å²) in [6.07, 6.45) is 0.0138. The van der Waals surface area contributed by atoms with Gasteiger partial charge in [-0.25, -0.2) is 4.79 Å². The first kappa shape index (κ1) is 22.8. The molecule has 2 atom stereocenters. The van der Waals surface area contributed by atoms with Crippen molar-refractivity contribution in [2.75, 3.05) is 25.5 Å². The van der Waals surface area contributed by atoms with Gasteiger partial charge in [-0.2, -0.15) is 0 Å². The van der Waals surface area contributed by atoms with Crippen LogP contribution in [0.4, 0.5) is 10.5 Å². The van der Waals surface area contributed by atoms with Crippen molar-refractivity contribution >= 4 is 30.9 Å². The van der Waals surface area contributed by atoms with Crippen molar-refractivity contribution in [3.63, 3.8) is 0 Å². The molecule has 2 aromatic carbocycles. The van der Waals surface area contributed by atoms with E-state index in [0.717, 1.165) is 0 Å². The number of amides is 3. The van der Waals surface area contributed by atoms with Crippen LogP contribution in [-0.4, -0.2) is 56.3 Å². The number of ether oxygens (including phenoxy) is 1. The summed E-state index contributed by atoms with van der Waals surface area (Å²) in [4.78, 5) is 27.4. The van der Waals surface area contributed by atoms with Gasteiger partial charge in [0.25, 0.3) is 5.91 Å². The van der Waals surface area contributed by atoms with Crippen molar-refractivity contribution in [1.29, 1.82) is 0 Å². The van der Waals surface area contributed by atoms with Crippen LogP contribution in [0, 0.1) is 0 Å². The Kier molecular flexibility index (Phi) is 7.02. The molecule has 7 nitrogen and oxygen atoms in total. The largest absolute Gasteiger partial charge is 0.497 e. The number of aliphatic hydroxyl groups excluding tert-OH is 1. The lowest BCUT2D eigenvalue weighted by Gasteiger charge is -2.23. The number of rotatable bonds is 6. The second kappa shape index (κ2) is 9.53. The fraction of sp³-hybridized carbons (Fsp3) is 0.391. The Hall–Kier alpha value is -2.84. The van der Waals surface area contributed by atoms with Gasteiger partial charge in [0.05, 0.1) is 21.3 Å². The van der Waals surface area contributed by atoms with E-state index in [2.05, 4.69) is 42.4 Å². The van der Waals surface area contributed by atoms with Gasteiger partial charge < -0.3 is 25.4 Å². The van der Waals surface area contributed by atoms with Gasteiger partial charge in [-0.1, -0.05) is 49.1 Å². The topological polar surface area (TPSA) is 90.9 Å². The summed E-state index contributed by atoms with van der Waals surface area (Å²) in [7, 11) is 0.143. The van der Waals surface area contributed by atoms with Gasteiger partial charge in [0.1, 0.15) is 11.8 Å². The summed E-state index contributed by atoms with van der Waals surface area (Å²) in [5, 5.41) is 16.8. The normalized spacial score (nSPS) is 17.2. The highest BCUT2D eigenvalue weighted by atomic mass is 28.3. The molecule has 0 unspecified atom stereocenters. The average Bonchev–Trinajstić information content (AvgIpc) is 3.18. The minimum absolute atomic E-state index is 0.265. The van der Waals surface area contributed by atoms with Crippen LogP contribution in [0.5, 0.6) is 5.75 Å². The molecule has 166 valence electrons. The number of hydrogen-bond donors (Lipinski definition) is 3. The minimum atomic E-state index is -1.43. The number of anilines is 1. The highest BCUT2D eigenvalue weighted by Crippen LogP contribution is 2.21. The van der Waals surface area contributed by atoms with E-state index in [-0.39, 0.29) is 18.5 Å². The second-order valence-electron chi connectivity index (χ2n) is 8.86. The molecule has 0 bridgehead atoms. The maximum Gasteiger partial charge on any atom is 0.318 e. The molecule has 0 spiro atoms. The summed E-state index contributed by atoms with van der Waals surface area (Å²) in [6.45, 7) is 7.53. The van der Waals surface area contributed by atoms with Gasteiger partial charge >= 0.3 is 6.03 Å². The average molecular weight is 442 g/mol. The van der Waals surface area contributed by atoms with Crippen molar-refractivity contribution in [2.45, 2.75) is 38.2 Å². The number of likely N-dealkylation sites (tertiary alicyclic amines) is 1. The zero-order valence-electron chi connectivity index (χ0n) is 18.5. The fourth-order valence-electron chi connectivity index (χ4n) is 3.51. The number of carbonyl (C=O) groups is 2. The lowest BCUT2D eigenvalue weighted by molar-refractivity contribution is -0.118. The quantitative estimate of drug-likeness (QED) is 0.601. The van der Waals surface area contributed by atoms with E-state index < -0.39 is 20.2 Å². The number of hydrogen-bond acceptors (Lipinski definition) is 4. The first-order valence-corrected chi connectivity index (χ1v) is 14.0. The van der Waals surface area contributed by atoms with Gasteiger partial charge in [0.2, 0.25) is 0 Å². The molecule has 1 aliphatic rings. The molecule has 1 aliphatic heterocycles. The van der Waals surface area contributed by atoms with Gasteiger partial charge in [0, 0.05) is 18.8 Å². The van der Waals surface area contributed by atoms with Crippen LogP contribution in [0.25, 0.3) is 0 Å². The molecule has 2 aromatic rings. The van der Waals surface area contributed by atoms with Crippen LogP contribution in [0.1, 0.15) is 18.0 Å². The van der Waals surface area contributed by atoms with E-state index in [9.17, 15) is 14.7 Å².